The highest BCUT2D eigenvalue weighted by atomic mass is 15.1. The molecule has 0 atom stereocenters. The highest BCUT2D eigenvalue weighted by Crippen LogP contribution is 2.19. The van der Waals surface area contributed by atoms with E-state index >= 15 is 0 Å². The largest absolute Gasteiger partial charge is 0.378 e. The fraction of sp³-hybridized carbons (Fsp3) is 0.143. The van der Waals surface area contributed by atoms with E-state index < -0.39 is 0 Å². The van der Waals surface area contributed by atoms with Crippen LogP contribution in [0.25, 0.3) is 23.1 Å². The maximum Gasteiger partial charge on any atom is 0.212 e. The second-order valence-electron chi connectivity index (χ2n) is 6.02. The van der Waals surface area contributed by atoms with Gasteiger partial charge in [0.05, 0.1) is 11.6 Å². The molecule has 118 valence electrons. The normalized spacial score (nSPS) is 10.9. The van der Waals surface area contributed by atoms with Crippen LogP contribution in [0.3, 0.4) is 0 Å². The second-order valence-corrected chi connectivity index (χ2v) is 6.02. The van der Waals surface area contributed by atoms with Crippen molar-refractivity contribution in [1.29, 1.82) is 5.26 Å². The summed E-state index contributed by atoms with van der Waals surface area (Å²) >= 11 is 0. The first-order valence-corrected chi connectivity index (χ1v) is 7.87. The summed E-state index contributed by atoms with van der Waals surface area (Å²) < 4.78 is 2.19. The summed E-state index contributed by atoms with van der Waals surface area (Å²) in [6, 6.07) is 20.5. The van der Waals surface area contributed by atoms with E-state index in [0.29, 0.717) is 5.56 Å². The number of nitrogens with zero attached hydrogens (tertiary/aromatic N) is 3. The zero-order valence-electron chi connectivity index (χ0n) is 14.2. The number of benzene rings is 2. The molecule has 0 radical (unpaired) electrons. The van der Waals surface area contributed by atoms with E-state index in [1.807, 2.05) is 24.3 Å². The summed E-state index contributed by atoms with van der Waals surface area (Å²) in [4.78, 5) is 2.11. The van der Waals surface area contributed by atoms with Crippen LogP contribution in [0, 0.1) is 11.3 Å². The average molecular weight is 314 g/mol. The SMILES string of the molecule is CN(C)c1ccc2c(ccc(/C=C/c3ccc(C#N)cc3)[n+]2C)c1. The van der Waals surface area contributed by atoms with Crippen molar-refractivity contribution in [2.45, 2.75) is 0 Å². The Labute approximate surface area is 142 Å². The number of hydrogen-bond acceptors (Lipinski definition) is 2. The molecule has 0 aliphatic rings. The predicted octanol–water partition coefficient (Wildman–Crippen LogP) is 3.77. The predicted molar refractivity (Wildman–Crippen MR) is 99.5 cm³/mol. The average Bonchev–Trinajstić information content (AvgIpc) is 2.61. The Morgan fingerprint density at radius 2 is 1.71 bits per heavy atom. The minimum Gasteiger partial charge on any atom is -0.378 e. The molecule has 0 unspecified atom stereocenters. The van der Waals surface area contributed by atoms with E-state index in [1.54, 1.807) is 0 Å². The van der Waals surface area contributed by atoms with Crippen molar-refractivity contribution < 1.29 is 4.57 Å². The molecule has 0 aliphatic heterocycles. The second kappa shape index (κ2) is 6.55. The Kier molecular flexibility index (Phi) is 4.31. The van der Waals surface area contributed by atoms with Gasteiger partial charge in [-0.15, -0.1) is 0 Å². The molecule has 3 rings (SSSR count). The third-order valence-electron chi connectivity index (χ3n) is 4.20. The lowest BCUT2D eigenvalue weighted by Crippen LogP contribution is -2.32. The first-order chi connectivity index (χ1) is 11.6. The van der Waals surface area contributed by atoms with Crippen molar-refractivity contribution >= 4 is 28.7 Å². The van der Waals surface area contributed by atoms with Crippen molar-refractivity contribution in [3.63, 3.8) is 0 Å². The van der Waals surface area contributed by atoms with E-state index in [9.17, 15) is 0 Å². The van der Waals surface area contributed by atoms with Gasteiger partial charge in [-0.25, -0.2) is 0 Å². The summed E-state index contributed by atoms with van der Waals surface area (Å²) in [5.41, 5.74) is 5.28. The van der Waals surface area contributed by atoms with E-state index in [4.69, 9.17) is 5.26 Å². The highest BCUT2D eigenvalue weighted by molar-refractivity contribution is 5.81. The number of rotatable bonds is 3. The summed E-state index contributed by atoms with van der Waals surface area (Å²) in [5.74, 6) is 0. The van der Waals surface area contributed by atoms with Crippen molar-refractivity contribution in [2.75, 3.05) is 19.0 Å². The fourth-order valence-corrected chi connectivity index (χ4v) is 2.70. The van der Waals surface area contributed by atoms with Gasteiger partial charge in [-0.3, -0.25) is 0 Å². The minimum atomic E-state index is 0.681. The van der Waals surface area contributed by atoms with Crippen LogP contribution in [0.1, 0.15) is 16.8 Å². The zero-order chi connectivity index (χ0) is 17.1. The molecule has 0 fully saturated rings. The molecule has 0 N–H and O–H groups in total. The van der Waals surface area contributed by atoms with Crippen molar-refractivity contribution in [3.8, 4) is 6.07 Å². The molecule has 3 aromatic rings. The Morgan fingerprint density at radius 3 is 2.38 bits per heavy atom. The van der Waals surface area contributed by atoms with Crippen LogP contribution >= 0.6 is 0 Å². The zero-order valence-corrected chi connectivity index (χ0v) is 14.2. The highest BCUT2D eigenvalue weighted by Gasteiger charge is 2.10. The molecule has 3 heteroatoms. The molecule has 24 heavy (non-hydrogen) atoms. The first kappa shape index (κ1) is 15.8. The minimum absolute atomic E-state index is 0.681. The van der Waals surface area contributed by atoms with Gasteiger partial charge in [-0.05, 0) is 42.0 Å². The van der Waals surface area contributed by atoms with Crippen LogP contribution in [0.15, 0.2) is 54.6 Å². The summed E-state index contributed by atoms with van der Waals surface area (Å²) in [6.45, 7) is 0. The smallest absolute Gasteiger partial charge is 0.212 e. The number of pyridine rings is 1. The lowest BCUT2D eigenvalue weighted by atomic mass is 10.1. The molecule has 2 aromatic carbocycles. The Morgan fingerprint density at radius 1 is 0.958 bits per heavy atom. The van der Waals surface area contributed by atoms with Gasteiger partial charge < -0.3 is 4.90 Å². The van der Waals surface area contributed by atoms with Gasteiger partial charge in [0.15, 0.2) is 0 Å². The number of nitriles is 1. The Balaban J connectivity index is 1.94. The Hall–Kier alpha value is -3.12. The fourth-order valence-electron chi connectivity index (χ4n) is 2.70. The van der Waals surface area contributed by atoms with Gasteiger partial charge in [0.1, 0.15) is 7.05 Å². The third kappa shape index (κ3) is 3.13. The summed E-state index contributed by atoms with van der Waals surface area (Å²) in [6.07, 6.45) is 4.16. The number of aromatic nitrogens is 1. The van der Waals surface area contributed by atoms with Gasteiger partial charge in [0, 0.05) is 43.4 Å². The molecular formula is C21H20N3+. The molecule has 0 amide bonds. The molecule has 1 heterocycles. The lowest BCUT2D eigenvalue weighted by Gasteiger charge is -2.12. The molecule has 0 spiro atoms. The topological polar surface area (TPSA) is 30.9 Å². The van der Waals surface area contributed by atoms with E-state index in [-0.39, 0.29) is 0 Å². The molecule has 0 bridgehead atoms. The van der Waals surface area contributed by atoms with Crippen molar-refractivity contribution in [1.82, 2.24) is 0 Å². The van der Waals surface area contributed by atoms with Crippen LogP contribution in [0.4, 0.5) is 5.69 Å². The molecule has 0 saturated carbocycles. The maximum absolute atomic E-state index is 8.85. The molecule has 0 aliphatic carbocycles. The molecule has 0 saturated heterocycles. The van der Waals surface area contributed by atoms with E-state index in [0.717, 1.165) is 11.3 Å². The number of aryl methyl sites for hydroxylation is 1. The van der Waals surface area contributed by atoms with Gasteiger partial charge in [0.2, 0.25) is 11.2 Å². The molecule has 3 nitrogen and oxygen atoms in total. The van der Waals surface area contributed by atoms with Crippen LogP contribution < -0.4 is 9.47 Å². The van der Waals surface area contributed by atoms with Crippen LogP contribution in [-0.2, 0) is 7.05 Å². The molecule has 1 aromatic heterocycles. The monoisotopic (exact) mass is 314 g/mol. The van der Waals surface area contributed by atoms with Crippen LogP contribution in [0.2, 0.25) is 0 Å². The number of anilines is 1. The van der Waals surface area contributed by atoms with Gasteiger partial charge in [-0.2, -0.15) is 9.83 Å². The Bertz CT molecular complexity index is 945. The van der Waals surface area contributed by atoms with Crippen LogP contribution in [0.5, 0.6) is 0 Å². The summed E-state index contributed by atoms with van der Waals surface area (Å²) in [7, 11) is 6.18. The first-order valence-electron chi connectivity index (χ1n) is 7.87. The summed E-state index contributed by atoms with van der Waals surface area (Å²) in [5, 5.41) is 10.1. The van der Waals surface area contributed by atoms with Crippen LogP contribution in [-0.4, -0.2) is 14.1 Å². The quantitative estimate of drug-likeness (QED) is 0.689. The van der Waals surface area contributed by atoms with E-state index in [2.05, 4.69) is 79.2 Å². The van der Waals surface area contributed by atoms with E-state index in [1.165, 1.54) is 16.6 Å². The standard InChI is InChI=1S/C21H20N3/c1-23(2)20-12-13-21-18(14-20)9-11-19(24(21)3)10-8-16-4-6-17(15-22)7-5-16/h4-14H,1-3H3/q+1/b10-8+. The molecular weight excluding hydrogens is 294 g/mol. The number of hydrogen-bond donors (Lipinski definition) is 0. The van der Waals surface area contributed by atoms with Gasteiger partial charge in [0.25, 0.3) is 0 Å². The maximum atomic E-state index is 8.85. The van der Waals surface area contributed by atoms with Crippen molar-refractivity contribution in [2.24, 2.45) is 7.05 Å². The third-order valence-corrected chi connectivity index (χ3v) is 4.20. The lowest BCUT2D eigenvalue weighted by molar-refractivity contribution is -0.646. The van der Waals surface area contributed by atoms with Crippen molar-refractivity contribution in [3.05, 3.63) is 71.4 Å². The number of fused-ring (bicyclic) bond motifs is 1. The van der Waals surface area contributed by atoms with Gasteiger partial charge in [-0.1, -0.05) is 12.1 Å². The van der Waals surface area contributed by atoms with Gasteiger partial charge >= 0.3 is 0 Å².